The summed E-state index contributed by atoms with van der Waals surface area (Å²) in [6.07, 6.45) is 0. The highest BCUT2D eigenvalue weighted by Gasteiger charge is 2.12. The number of nitrogens with one attached hydrogen (secondary N) is 1. The van der Waals surface area contributed by atoms with E-state index in [0.29, 0.717) is 15.7 Å². The van der Waals surface area contributed by atoms with Gasteiger partial charge in [-0.3, -0.25) is 4.79 Å². The highest BCUT2D eigenvalue weighted by Crippen LogP contribution is 2.27. The summed E-state index contributed by atoms with van der Waals surface area (Å²) in [5, 5.41) is 12.4. The Hall–Kier alpha value is -1.33. The van der Waals surface area contributed by atoms with Gasteiger partial charge in [-0.05, 0) is 58.7 Å². The molecule has 0 spiro atoms. The number of halogens is 2. The maximum atomic E-state index is 12.2. The average Bonchev–Trinajstić information content (AvgIpc) is 2.36. The molecule has 0 saturated heterocycles. The minimum Gasteiger partial charge on any atom is -0.506 e. The smallest absolute Gasteiger partial charge is 0.256 e. The quantitative estimate of drug-likeness (QED) is 0.750. The first-order chi connectivity index (χ1) is 8.97. The first-order valence-corrected chi connectivity index (χ1v) is 7.12. The second kappa shape index (κ2) is 5.75. The minimum absolute atomic E-state index is 0.0464. The number of anilines is 1. The molecule has 0 unspecified atom stereocenters. The monoisotopic (exact) mass is 383 g/mol. The number of phenols is 1. The highest BCUT2D eigenvalue weighted by atomic mass is 79.9. The average molecular weight is 385 g/mol. The summed E-state index contributed by atoms with van der Waals surface area (Å²) in [6, 6.07) is 10.4. The molecule has 0 aliphatic carbocycles. The van der Waals surface area contributed by atoms with Crippen molar-refractivity contribution < 1.29 is 9.90 Å². The van der Waals surface area contributed by atoms with E-state index in [-0.39, 0.29) is 11.7 Å². The molecule has 19 heavy (non-hydrogen) atoms. The van der Waals surface area contributed by atoms with Crippen molar-refractivity contribution in [3.05, 3.63) is 56.5 Å². The second-order valence-electron chi connectivity index (χ2n) is 4.10. The molecule has 2 rings (SSSR count). The van der Waals surface area contributed by atoms with Crippen LogP contribution >= 0.6 is 31.9 Å². The molecule has 5 heteroatoms. The molecular formula is C14H11Br2NO2. The molecule has 0 saturated carbocycles. The summed E-state index contributed by atoms with van der Waals surface area (Å²) in [5.41, 5.74) is 1.86. The first kappa shape index (κ1) is 14.1. The Morgan fingerprint density at radius 2 is 1.89 bits per heavy atom. The molecule has 0 radical (unpaired) electrons. The molecule has 3 nitrogen and oxygen atoms in total. The van der Waals surface area contributed by atoms with E-state index >= 15 is 0 Å². The number of carbonyl (C=O) groups excluding carboxylic acids is 1. The molecular weight excluding hydrogens is 374 g/mol. The van der Waals surface area contributed by atoms with Crippen molar-refractivity contribution in [2.45, 2.75) is 6.92 Å². The van der Waals surface area contributed by atoms with E-state index in [2.05, 4.69) is 37.2 Å². The number of aromatic hydroxyl groups is 1. The molecule has 0 aliphatic rings. The van der Waals surface area contributed by atoms with Gasteiger partial charge in [0, 0.05) is 8.95 Å². The lowest BCUT2D eigenvalue weighted by atomic mass is 10.1. The Morgan fingerprint density at radius 3 is 2.63 bits per heavy atom. The van der Waals surface area contributed by atoms with Gasteiger partial charge in [-0.25, -0.2) is 0 Å². The maximum absolute atomic E-state index is 12.2. The number of carbonyl (C=O) groups is 1. The predicted molar refractivity (Wildman–Crippen MR) is 82.6 cm³/mol. The highest BCUT2D eigenvalue weighted by molar-refractivity contribution is 9.11. The van der Waals surface area contributed by atoms with Gasteiger partial charge in [-0.15, -0.1) is 0 Å². The number of rotatable bonds is 2. The Balaban J connectivity index is 2.30. The third-order valence-corrected chi connectivity index (χ3v) is 3.76. The van der Waals surface area contributed by atoms with Crippen molar-refractivity contribution >= 4 is 43.5 Å². The van der Waals surface area contributed by atoms with Crippen LogP contribution in [0.5, 0.6) is 5.75 Å². The van der Waals surface area contributed by atoms with E-state index < -0.39 is 0 Å². The summed E-state index contributed by atoms with van der Waals surface area (Å²) >= 11 is 6.66. The van der Waals surface area contributed by atoms with Gasteiger partial charge in [-0.1, -0.05) is 22.0 Å². The number of amides is 1. The summed E-state index contributed by atoms with van der Waals surface area (Å²) in [7, 11) is 0. The van der Waals surface area contributed by atoms with Gasteiger partial charge >= 0.3 is 0 Å². The van der Waals surface area contributed by atoms with E-state index in [0.717, 1.165) is 10.0 Å². The van der Waals surface area contributed by atoms with Crippen LogP contribution in [0.4, 0.5) is 5.69 Å². The van der Waals surface area contributed by atoms with Crippen molar-refractivity contribution in [1.82, 2.24) is 0 Å². The fourth-order valence-corrected chi connectivity index (χ4v) is 2.40. The van der Waals surface area contributed by atoms with E-state index in [1.54, 1.807) is 30.3 Å². The van der Waals surface area contributed by atoms with Gasteiger partial charge in [-0.2, -0.15) is 0 Å². The van der Waals surface area contributed by atoms with Gasteiger partial charge in [0.25, 0.3) is 5.91 Å². The lowest BCUT2D eigenvalue weighted by Gasteiger charge is -2.09. The maximum Gasteiger partial charge on any atom is 0.256 e. The molecule has 98 valence electrons. The Kier molecular flexibility index (Phi) is 4.27. The number of aryl methyl sites for hydroxylation is 1. The van der Waals surface area contributed by atoms with Crippen molar-refractivity contribution in [3.8, 4) is 5.75 Å². The molecule has 0 atom stereocenters. The molecule has 2 N–H and O–H groups in total. The molecule has 0 bridgehead atoms. The lowest BCUT2D eigenvalue weighted by Crippen LogP contribution is -2.12. The Bertz CT molecular complexity index is 641. The van der Waals surface area contributed by atoms with E-state index in [1.807, 2.05) is 13.0 Å². The number of phenolic OH excluding ortho intramolecular Hbond substituents is 1. The standard InChI is InChI=1S/C14H11Br2NO2/c1-8-2-5-13(18)12(6-8)17-14(19)10-7-9(15)3-4-11(10)16/h2-7,18H,1H3,(H,17,19). The normalized spacial score (nSPS) is 10.3. The summed E-state index contributed by atoms with van der Waals surface area (Å²) in [4.78, 5) is 12.2. The van der Waals surface area contributed by atoms with Crippen molar-refractivity contribution in [2.75, 3.05) is 5.32 Å². The third-order valence-electron chi connectivity index (χ3n) is 2.57. The summed E-state index contributed by atoms with van der Waals surface area (Å²) in [5.74, 6) is -0.237. The zero-order valence-electron chi connectivity index (χ0n) is 10.1. The number of hydrogen-bond donors (Lipinski definition) is 2. The number of benzene rings is 2. The zero-order valence-corrected chi connectivity index (χ0v) is 13.2. The first-order valence-electron chi connectivity index (χ1n) is 5.53. The fraction of sp³-hybridized carbons (Fsp3) is 0.0714. The molecule has 0 fully saturated rings. The van der Waals surface area contributed by atoms with Crippen LogP contribution in [0, 0.1) is 6.92 Å². The van der Waals surface area contributed by atoms with Crippen LogP contribution in [0.1, 0.15) is 15.9 Å². The van der Waals surface area contributed by atoms with Crippen molar-refractivity contribution in [2.24, 2.45) is 0 Å². The van der Waals surface area contributed by atoms with Crippen LogP contribution in [0.15, 0.2) is 45.3 Å². The van der Waals surface area contributed by atoms with Crippen LogP contribution in [0.3, 0.4) is 0 Å². The van der Waals surface area contributed by atoms with Crippen LogP contribution in [0.2, 0.25) is 0 Å². The molecule has 1 amide bonds. The van der Waals surface area contributed by atoms with E-state index in [4.69, 9.17) is 0 Å². The van der Waals surface area contributed by atoms with Gasteiger partial charge in [0.15, 0.2) is 0 Å². The van der Waals surface area contributed by atoms with Gasteiger partial charge in [0.05, 0.1) is 11.3 Å². The Morgan fingerprint density at radius 1 is 1.16 bits per heavy atom. The van der Waals surface area contributed by atoms with Gasteiger partial charge in [0.2, 0.25) is 0 Å². The van der Waals surface area contributed by atoms with Crippen LogP contribution in [-0.4, -0.2) is 11.0 Å². The predicted octanol–water partition coefficient (Wildman–Crippen LogP) is 4.48. The van der Waals surface area contributed by atoms with Crippen molar-refractivity contribution in [1.29, 1.82) is 0 Å². The number of hydrogen-bond acceptors (Lipinski definition) is 2. The third kappa shape index (κ3) is 3.36. The van der Waals surface area contributed by atoms with E-state index in [9.17, 15) is 9.90 Å². The zero-order chi connectivity index (χ0) is 14.0. The fourth-order valence-electron chi connectivity index (χ4n) is 1.61. The molecule has 2 aromatic rings. The minimum atomic E-state index is -0.283. The SMILES string of the molecule is Cc1ccc(O)c(NC(=O)c2cc(Br)ccc2Br)c1. The van der Waals surface area contributed by atoms with E-state index in [1.165, 1.54) is 0 Å². The lowest BCUT2D eigenvalue weighted by molar-refractivity contribution is 0.102. The summed E-state index contributed by atoms with van der Waals surface area (Å²) < 4.78 is 1.51. The molecule has 2 aromatic carbocycles. The topological polar surface area (TPSA) is 49.3 Å². The van der Waals surface area contributed by atoms with Gasteiger partial charge < -0.3 is 10.4 Å². The molecule has 0 heterocycles. The van der Waals surface area contributed by atoms with Crippen LogP contribution in [0.25, 0.3) is 0 Å². The van der Waals surface area contributed by atoms with Crippen LogP contribution < -0.4 is 5.32 Å². The van der Waals surface area contributed by atoms with Crippen LogP contribution in [-0.2, 0) is 0 Å². The van der Waals surface area contributed by atoms with Crippen molar-refractivity contribution in [3.63, 3.8) is 0 Å². The largest absolute Gasteiger partial charge is 0.506 e. The summed E-state index contributed by atoms with van der Waals surface area (Å²) in [6.45, 7) is 1.89. The van der Waals surface area contributed by atoms with Gasteiger partial charge in [0.1, 0.15) is 5.75 Å². The second-order valence-corrected chi connectivity index (χ2v) is 5.87. The molecule has 0 aliphatic heterocycles. The molecule has 0 aromatic heterocycles. The Labute approximate surface area is 127 Å².